The molecule has 8 nitrogen and oxygen atoms in total. The second-order valence-corrected chi connectivity index (χ2v) is 7.77. The van der Waals surface area contributed by atoms with Crippen molar-refractivity contribution in [3.05, 3.63) is 38.3 Å². The van der Waals surface area contributed by atoms with Gasteiger partial charge in [-0.3, -0.25) is 14.2 Å². The Kier molecular flexibility index (Phi) is 4.77. The summed E-state index contributed by atoms with van der Waals surface area (Å²) >= 11 is 1.29. The number of hydrogen-bond acceptors (Lipinski definition) is 7. The van der Waals surface area contributed by atoms with Gasteiger partial charge in [-0.05, 0) is 32.3 Å². The topological polar surface area (TPSA) is 103 Å². The molecule has 4 rings (SSSR count). The van der Waals surface area contributed by atoms with E-state index in [1.54, 1.807) is 11.5 Å². The normalized spacial score (nSPS) is 14.1. The van der Waals surface area contributed by atoms with Crippen LogP contribution >= 0.6 is 11.3 Å². The maximum atomic E-state index is 13.0. The highest BCUT2D eigenvalue weighted by Gasteiger charge is 2.22. The Morgan fingerprint density at radius 2 is 2.11 bits per heavy atom. The number of nitrogens with zero attached hydrogens (tertiary/aromatic N) is 4. The van der Waals surface area contributed by atoms with Gasteiger partial charge in [0.15, 0.2) is 5.82 Å². The molecule has 9 heteroatoms. The fourth-order valence-corrected chi connectivity index (χ4v) is 4.54. The lowest BCUT2D eigenvalue weighted by atomic mass is 10.2. The Labute approximate surface area is 159 Å². The third-order valence-electron chi connectivity index (χ3n) is 4.81. The monoisotopic (exact) mass is 387 g/mol. The average Bonchev–Trinajstić information content (AvgIpc) is 3.10. The van der Waals surface area contributed by atoms with Crippen LogP contribution in [0.2, 0.25) is 0 Å². The van der Waals surface area contributed by atoms with Crippen molar-refractivity contribution in [2.75, 3.05) is 6.54 Å². The van der Waals surface area contributed by atoms with E-state index < -0.39 is 0 Å². The van der Waals surface area contributed by atoms with Gasteiger partial charge >= 0.3 is 0 Å². The molecule has 0 bridgehead atoms. The largest absolute Gasteiger partial charge is 0.351 e. The predicted octanol–water partition coefficient (Wildman–Crippen LogP) is 2.16. The summed E-state index contributed by atoms with van der Waals surface area (Å²) < 4.78 is 6.83. The van der Waals surface area contributed by atoms with Crippen LogP contribution in [0.15, 0.2) is 9.32 Å². The molecule has 1 aliphatic heterocycles. The van der Waals surface area contributed by atoms with Crippen LogP contribution in [0.1, 0.15) is 52.0 Å². The Morgan fingerprint density at radius 3 is 2.89 bits per heavy atom. The van der Waals surface area contributed by atoms with E-state index >= 15 is 0 Å². The van der Waals surface area contributed by atoms with Gasteiger partial charge in [0, 0.05) is 25.9 Å². The van der Waals surface area contributed by atoms with Crippen LogP contribution in [0, 0.1) is 13.8 Å². The maximum Gasteiger partial charge on any atom is 0.262 e. The standard InChI is InChI=1S/C18H21N5O3S/c1-10-14-17(21-12-6-4-3-5-9-23(12)18(14)25)27-15(10)16(24)19-8-7-13-20-11(2)22-26-13/h3-9H2,1-2H3,(H,19,24). The number of aromatic nitrogens is 4. The lowest BCUT2D eigenvalue weighted by molar-refractivity contribution is 0.0957. The van der Waals surface area contributed by atoms with Crippen LogP contribution in [0.25, 0.3) is 10.2 Å². The molecule has 0 aliphatic carbocycles. The smallest absolute Gasteiger partial charge is 0.262 e. The third-order valence-corrected chi connectivity index (χ3v) is 6.00. The molecule has 0 atom stereocenters. The second-order valence-electron chi connectivity index (χ2n) is 6.77. The van der Waals surface area contributed by atoms with E-state index in [0.29, 0.717) is 51.9 Å². The first kappa shape index (κ1) is 17.8. The maximum absolute atomic E-state index is 13.0. The molecule has 27 heavy (non-hydrogen) atoms. The van der Waals surface area contributed by atoms with Gasteiger partial charge in [0.2, 0.25) is 5.89 Å². The zero-order chi connectivity index (χ0) is 19.0. The van der Waals surface area contributed by atoms with Crippen molar-refractivity contribution in [1.29, 1.82) is 0 Å². The van der Waals surface area contributed by atoms with Crippen LogP contribution in [0.3, 0.4) is 0 Å². The zero-order valence-corrected chi connectivity index (χ0v) is 16.2. The van der Waals surface area contributed by atoms with Crippen molar-refractivity contribution >= 4 is 27.5 Å². The molecular weight excluding hydrogens is 366 g/mol. The van der Waals surface area contributed by atoms with E-state index in [1.165, 1.54) is 11.3 Å². The molecule has 142 valence electrons. The second kappa shape index (κ2) is 7.22. The fourth-order valence-electron chi connectivity index (χ4n) is 3.43. The van der Waals surface area contributed by atoms with Gasteiger partial charge < -0.3 is 9.84 Å². The molecule has 0 spiro atoms. The van der Waals surface area contributed by atoms with Gasteiger partial charge in [-0.2, -0.15) is 4.98 Å². The third kappa shape index (κ3) is 3.39. The molecule has 0 radical (unpaired) electrons. The van der Waals surface area contributed by atoms with Gasteiger partial charge in [0.1, 0.15) is 10.7 Å². The lowest BCUT2D eigenvalue weighted by Crippen LogP contribution is -2.26. The summed E-state index contributed by atoms with van der Waals surface area (Å²) in [5.74, 6) is 1.70. The van der Waals surface area contributed by atoms with E-state index in [2.05, 4.69) is 15.5 Å². The Balaban J connectivity index is 1.58. The molecule has 3 aromatic heterocycles. The van der Waals surface area contributed by atoms with E-state index in [4.69, 9.17) is 9.51 Å². The number of carbonyl (C=O) groups excluding carboxylic acids is 1. The van der Waals surface area contributed by atoms with Crippen LogP contribution < -0.4 is 10.9 Å². The predicted molar refractivity (Wildman–Crippen MR) is 101 cm³/mol. The summed E-state index contributed by atoms with van der Waals surface area (Å²) in [6, 6.07) is 0. The molecular formula is C18H21N5O3S. The van der Waals surface area contributed by atoms with Crippen LogP contribution in [0.5, 0.6) is 0 Å². The van der Waals surface area contributed by atoms with Gasteiger partial charge in [-0.25, -0.2) is 4.98 Å². The quantitative estimate of drug-likeness (QED) is 0.736. The molecule has 4 heterocycles. The number of carbonyl (C=O) groups is 1. The number of nitrogens with one attached hydrogen (secondary N) is 1. The van der Waals surface area contributed by atoms with Crippen LogP contribution in [-0.4, -0.2) is 32.1 Å². The molecule has 0 aromatic carbocycles. The number of amides is 1. The summed E-state index contributed by atoms with van der Waals surface area (Å²) in [5, 5.41) is 7.16. The Hall–Kier alpha value is -2.55. The first-order valence-electron chi connectivity index (χ1n) is 9.15. The van der Waals surface area contributed by atoms with E-state index in [9.17, 15) is 9.59 Å². The van der Waals surface area contributed by atoms with Crippen molar-refractivity contribution in [3.63, 3.8) is 0 Å². The summed E-state index contributed by atoms with van der Waals surface area (Å²) in [4.78, 5) is 35.6. The molecule has 1 amide bonds. The molecule has 0 fully saturated rings. The minimum atomic E-state index is -0.202. The van der Waals surface area contributed by atoms with Gasteiger partial charge in [-0.1, -0.05) is 11.6 Å². The van der Waals surface area contributed by atoms with Crippen molar-refractivity contribution in [1.82, 2.24) is 25.0 Å². The van der Waals surface area contributed by atoms with E-state index in [0.717, 1.165) is 31.5 Å². The van der Waals surface area contributed by atoms with E-state index in [1.807, 2.05) is 6.92 Å². The van der Waals surface area contributed by atoms with Crippen LogP contribution in [0.4, 0.5) is 0 Å². The first-order valence-corrected chi connectivity index (χ1v) is 9.96. The van der Waals surface area contributed by atoms with Crippen LogP contribution in [-0.2, 0) is 19.4 Å². The molecule has 0 saturated carbocycles. The minimum Gasteiger partial charge on any atom is -0.351 e. The molecule has 0 unspecified atom stereocenters. The number of hydrogen-bond donors (Lipinski definition) is 1. The van der Waals surface area contributed by atoms with Crippen molar-refractivity contribution in [3.8, 4) is 0 Å². The highest BCUT2D eigenvalue weighted by molar-refractivity contribution is 7.20. The SMILES string of the molecule is Cc1noc(CCNC(=O)c2sc3nc4n(c(=O)c3c2C)CCCCC4)n1. The van der Waals surface area contributed by atoms with Crippen molar-refractivity contribution < 1.29 is 9.32 Å². The molecule has 1 aliphatic rings. The number of fused-ring (bicyclic) bond motifs is 2. The lowest BCUT2D eigenvalue weighted by Gasteiger charge is -2.08. The Bertz CT molecular complexity index is 1070. The minimum absolute atomic E-state index is 0.0222. The molecule has 3 aromatic rings. The summed E-state index contributed by atoms with van der Waals surface area (Å²) in [7, 11) is 0. The highest BCUT2D eigenvalue weighted by atomic mass is 32.1. The zero-order valence-electron chi connectivity index (χ0n) is 15.4. The number of thiophene rings is 1. The first-order chi connectivity index (χ1) is 13.0. The molecule has 0 saturated heterocycles. The van der Waals surface area contributed by atoms with Gasteiger partial charge in [0.25, 0.3) is 11.5 Å². The van der Waals surface area contributed by atoms with Crippen molar-refractivity contribution in [2.24, 2.45) is 0 Å². The van der Waals surface area contributed by atoms with Gasteiger partial charge in [0.05, 0.1) is 10.3 Å². The van der Waals surface area contributed by atoms with E-state index in [-0.39, 0.29) is 11.5 Å². The van der Waals surface area contributed by atoms with Gasteiger partial charge in [-0.15, -0.1) is 11.3 Å². The summed E-state index contributed by atoms with van der Waals surface area (Å²) in [5.41, 5.74) is 0.684. The average molecular weight is 387 g/mol. The number of rotatable bonds is 4. The Morgan fingerprint density at radius 1 is 1.26 bits per heavy atom. The fraction of sp³-hybridized carbons (Fsp3) is 0.500. The highest BCUT2D eigenvalue weighted by Crippen LogP contribution is 2.28. The number of aryl methyl sites for hydroxylation is 3. The molecule has 1 N–H and O–H groups in total. The van der Waals surface area contributed by atoms with Crippen molar-refractivity contribution in [2.45, 2.75) is 52.5 Å². The summed E-state index contributed by atoms with van der Waals surface area (Å²) in [6.07, 6.45) is 4.43. The summed E-state index contributed by atoms with van der Waals surface area (Å²) in [6.45, 7) is 4.66.